The first kappa shape index (κ1) is 12.9. The van der Waals surface area contributed by atoms with Crippen LogP contribution in [-0.2, 0) is 9.59 Å². The van der Waals surface area contributed by atoms with Crippen molar-refractivity contribution < 1.29 is 19.5 Å². The second-order valence-corrected chi connectivity index (χ2v) is 3.70. The van der Waals surface area contributed by atoms with E-state index in [2.05, 4.69) is 5.32 Å². The van der Waals surface area contributed by atoms with Gasteiger partial charge in [-0.05, 0) is 6.92 Å². The summed E-state index contributed by atoms with van der Waals surface area (Å²) < 4.78 is 0. The van der Waals surface area contributed by atoms with Crippen LogP contribution in [-0.4, -0.2) is 28.8 Å². The smallest absolute Gasteiger partial charge is 0.334 e. The average Bonchev–Trinajstić information content (AvgIpc) is 2.25. The van der Waals surface area contributed by atoms with Crippen LogP contribution in [0.5, 0.6) is 0 Å². The number of hydrogen-bond donors (Lipinski definition) is 2. The first-order valence-corrected chi connectivity index (χ1v) is 5.02. The highest BCUT2D eigenvalue weighted by Crippen LogP contribution is 2.06. The largest absolute Gasteiger partial charge is 0.479 e. The molecule has 90 valence electrons. The van der Waals surface area contributed by atoms with Crippen molar-refractivity contribution >= 4 is 17.7 Å². The lowest BCUT2D eigenvalue weighted by Gasteiger charge is -2.12. The highest BCUT2D eigenvalue weighted by Gasteiger charge is 2.27. The fourth-order valence-electron chi connectivity index (χ4n) is 1.33. The predicted molar refractivity (Wildman–Crippen MR) is 60.8 cm³/mol. The summed E-state index contributed by atoms with van der Waals surface area (Å²) in [5.74, 6) is -2.56. The number of aryl methyl sites for hydroxylation is 1. The predicted octanol–water partition coefficient (Wildman–Crippen LogP) is 0.767. The third kappa shape index (κ3) is 3.41. The quantitative estimate of drug-likeness (QED) is 0.596. The van der Waals surface area contributed by atoms with Gasteiger partial charge in [0.25, 0.3) is 0 Å². The Labute approximate surface area is 98.4 Å². The van der Waals surface area contributed by atoms with Gasteiger partial charge in [-0.2, -0.15) is 0 Å². The molecule has 0 aliphatic heterocycles. The Morgan fingerprint density at radius 3 is 2.12 bits per heavy atom. The summed E-state index contributed by atoms with van der Waals surface area (Å²) in [5, 5.41) is 11.0. The fraction of sp³-hybridized carbons (Fsp3) is 0.250. The Kier molecular flexibility index (Phi) is 3.98. The molecule has 1 rings (SSSR count). The van der Waals surface area contributed by atoms with E-state index < -0.39 is 23.7 Å². The van der Waals surface area contributed by atoms with E-state index in [1.165, 1.54) is 19.1 Å². The summed E-state index contributed by atoms with van der Waals surface area (Å²) in [7, 11) is 0. The molecule has 1 aromatic rings. The van der Waals surface area contributed by atoms with Crippen molar-refractivity contribution in [1.29, 1.82) is 0 Å². The number of benzene rings is 1. The number of aliphatic carboxylic acids is 1. The molecule has 1 unspecified atom stereocenters. The molecule has 0 saturated heterocycles. The van der Waals surface area contributed by atoms with Crippen LogP contribution in [0, 0.1) is 6.92 Å². The van der Waals surface area contributed by atoms with Gasteiger partial charge in [0.2, 0.25) is 5.91 Å². The Balaban J connectivity index is 2.95. The second-order valence-electron chi connectivity index (χ2n) is 3.70. The lowest BCUT2D eigenvalue weighted by molar-refractivity contribution is -0.140. The third-order valence-electron chi connectivity index (χ3n) is 2.19. The van der Waals surface area contributed by atoms with Crippen molar-refractivity contribution in [2.24, 2.45) is 0 Å². The van der Waals surface area contributed by atoms with E-state index in [0.717, 1.165) is 5.56 Å². The average molecular weight is 235 g/mol. The normalized spacial score (nSPS) is 11.6. The first-order chi connectivity index (χ1) is 7.91. The molecule has 1 atom stereocenters. The van der Waals surface area contributed by atoms with E-state index in [4.69, 9.17) is 5.11 Å². The van der Waals surface area contributed by atoms with Crippen molar-refractivity contribution in [3.05, 3.63) is 35.4 Å². The molecule has 17 heavy (non-hydrogen) atoms. The van der Waals surface area contributed by atoms with E-state index in [9.17, 15) is 14.4 Å². The number of amides is 1. The minimum absolute atomic E-state index is 0.261. The van der Waals surface area contributed by atoms with Gasteiger partial charge in [-0.15, -0.1) is 0 Å². The number of carbonyl (C=O) groups excluding carboxylic acids is 2. The van der Waals surface area contributed by atoms with Crippen LogP contribution in [0.15, 0.2) is 24.3 Å². The van der Waals surface area contributed by atoms with Crippen molar-refractivity contribution in [3.8, 4) is 0 Å². The van der Waals surface area contributed by atoms with E-state index >= 15 is 0 Å². The molecule has 0 spiro atoms. The molecule has 5 nitrogen and oxygen atoms in total. The van der Waals surface area contributed by atoms with E-state index in [1.54, 1.807) is 12.1 Å². The number of Topliss-reactive ketones (excluding diaryl/α,β-unsaturated/α-hetero) is 1. The standard InChI is InChI=1S/C12H13NO4/c1-7-3-5-9(6-4-7)11(15)10(12(16)17)13-8(2)14/h3-6,10H,1-2H3,(H,13,14)(H,16,17). The second kappa shape index (κ2) is 5.25. The summed E-state index contributed by atoms with van der Waals surface area (Å²) in [4.78, 5) is 33.5. The molecule has 0 aliphatic carbocycles. The van der Waals surface area contributed by atoms with Crippen LogP contribution in [0.2, 0.25) is 0 Å². The number of rotatable bonds is 4. The SMILES string of the molecule is CC(=O)NC(C(=O)O)C(=O)c1ccc(C)cc1. The fourth-order valence-corrected chi connectivity index (χ4v) is 1.33. The van der Waals surface area contributed by atoms with Crippen molar-refractivity contribution in [1.82, 2.24) is 5.32 Å². The van der Waals surface area contributed by atoms with E-state index in [-0.39, 0.29) is 5.56 Å². The molecule has 1 aromatic carbocycles. The van der Waals surface area contributed by atoms with Gasteiger partial charge in [0.15, 0.2) is 11.8 Å². The van der Waals surface area contributed by atoms with Crippen LogP contribution in [0.25, 0.3) is 0 Å². The van der Waals surface area contributed by atoms with Crippen LogP contribution in [0.1, 0.15) is 22.8 Å². The van der Waals surface area contributed by atoms with Gasteiger partial charge in [-0.1, -0.05) is 29.8 Å². The van der Waals surface area contributed by atoms with Gasteiger partial charge in [-0.25, -0.2) is 4.79 Å². The van der Waals surface area contributed by atoms with Crippen LogP contribution in [0.3, 0.4) is 0 Å². The Morgan fingerprint density at radius 1 is 1.18 bits per heavy atom. The molecule has 0 aromatic heterocycles. The Hall–Kier alpha value is -2.17. The number of nitrogens with one attached hydrogen (secondary N) is 1. The van der Waals surface area contributed by atoms with Gasteiger partial charge >= 0.3 is 5.97 Å². The number of hydrogen-bond acceptors (Lipinski definition) is 3. The van der Waals surface area contributed by atoms with Crippen molar-refractivity contribution in [2.45, 2.75) is 19.9 Å². The van der Waals surface area contributed by atoms with Gasteiger partial charge in [0.05, 0.1) is 0 Å². The first-order valence-electron chi connectivity index (χ1n) is 5.02. The van der Waals surface area contributed by atoms with E-state index in [0.29, 0.717) is 0 Å². The van der Waals surface area contributed by atoms with Gasteiger partial charge < -0.3 is 10.4 Å². The number of carboxylic acid groups (broad SMARTS) is 1. The number of carboxylic acids is 1. The van der Waals surface area contributed by atoms with E-state index in [1.807, 2.05) is 6.92 Å². The summed E-state index contributed by atoms with van der Waals surface area (Å²) in [6, 6.07) is 4.96. The number of carbonyl (C=O) groups is 3. The van der Waals surface area contributed by atoms with Gasteiger partial charge in [0.1, 0.15) is 0 Å². The zero-order valence-electron chi connectivity index (χ0n) is 9.56. The maximum Gasteiger partial charge on any atom is 0.334 e. The highest BCUT2D eigenvalue weighted by molar-refractivity contribution is 6.13. The highest BCUT2D eigenvalue weighted by atomic mass is 16.4. The topological polar surface area (TPSA) is 83.5 Å². The lowest BCUT2D eigenvalue weighted by atomic mass is 10.0. The minimum Gasteiger partial charge on any atom is -0.479 e. The molecule has 0 radical (unpaired) electrons. The maximum absolute atomic E-state index is 11.8. The minimum atomic E-state index is -1.53. The third-order valence-corrected chi connectivity index (χ3v) is 2.19. The van der Waals surface area contributed by atoms with Crippen molar-refractivity contribution in [3.63, 3.8) is 0 Å². The monoisotopic (exact) mass is 235 g/mol. The van der Waals surface area contributed by atoms with Crippen molar-refractivity contribution in [2.75, 3.05) is 0 Å². The maximum atomic E-state index is 11.8. The molecule has 5 heteroatoms. The summed E-state index contributed by atoms with van der Waals surface area (Å²) in [6.45, 7) is 3.02. The van der Waals surface area contributed by atoms with Crippen LogP contribution >= 0.6 is 0 Å². The summed E-state index contributed by atoms with van der Waals surface area (Å²) in [6.07, 6.45) is 0. The van der Waals surface area contributed by atoms with Gasteiger partial charge in [-0.3, -0.25) is 9.59 Å². The zero-order chi connectivity index (χ0) is 13.0. The van der Waals surface area contributed by atoms with Gasteiger partial charge in [0, 0.05) is 12.5 Å². The number of ketones is 1. The zero-order valence-corrected chi connectivity index (χ0v) is 9.56. The summed E-state index contributed by atoms with van der Waals surface area (Å²) >= 11 is 0. The van der Waals surface area contributed by atoms with Crippen LogP contribution < -0.4 is 5.32 Å². The Morgan fingerprint density at radius 2 is 1.71 bits per heavy atom. The summed E-state index contributed by atoms with van der Waals surface area (Å²) in [5.41, 5.74) is 1.23. The molecule has 2 N–H and O–H groups in total. The molecular formula is C12H13NO4. The lowest BCUT2D eigenvalue weighted by Crippen LogP contribution is -2.45. The molecule has 0 aliphatic rings. The molecule has 0 saturated carbocycles. The van der Waals surface area contributed by atoms with Crippen LogP contribution in [0.4, 0.5) is 0 Å². The molecular weight excluding hydrogens is 222 g/mol. The molecule has 0 bridgehead atoms. The Bertz CT molecular complexity index is 450. The molecule has 0 fully saturated rings. The molecule has 1 amide bonds. The molecule has 0 heterocycles.